The lowest BCUT2D eigenvalue weighted by atomic mass is 10.1. The molecule has 0 radical (unpaired) electrons. The molecule has 0 aliphatic heterocycles. The fraction of sp³-hybridized carbons (Fsp3) is 0.462. The molecule has 0 fully saturated rings. The number of halogens is 3. The molecule has 0 bridgehead atoms. The number of nitrogens with two attached hydrogens (primary N) is 1. The van der Waals surface area contributed by atoms with Gasteiger partial charge in [0.25, 0.3) is 0 Å². The van der Waals surface area contributed by atoms with E-state index in [4.69, 9.17) is 5.73 Å². The quantitative estimate of drug-likeness (QED) is 0.879. The van der Waals surface area contributed by atoms with Gasteiger partial charge in [-0.15, -0.1) is 0 Å². The van der Waals surface area contributed by atoms with Crippen molar-refractivity contribution in [3.8, 4) is 0 Å². The van der Waals surface area contributed by atoms with Crippen molar-refractivity contribution >= 4 is 11.6 Å². The third-order valence-corrected chi connectivity index (χ3v) is 3.11. The zero-order chi connectivity index (χ0) is 16.3. The molecule has 2 aromatic rings. The van der Waals surface area contributed by atoms with Crippen LogP contribution >= 0.6 is 0 Å². The van der Waals surface area contributed by atoms with Crippen molar-refractivity contribution in [3.05, 3.63) is 29.7 Å². The van der Waals surface area contributed by atoms with Gasteiger partial charge in [-0.05, 0) is 18.6 Å². The Kier molecular flexibility index (Phi) is 4.65. The van der Waals surface area contributed by atoms with Gasteiger partial charge in [-0.1, -0.05) is 0 Å². The van der Waals surface area contributed by atoms with E-state index < -0.39 is 31.0 Å². The number of carbonyl (C=O) groups is 1. The number of nitrogens with zero attached hydrogens (tertiary/aromatic N) is 3. The molecule has 0 aliphatic rings. The topological polar surface area (TPSA) is 85.3 Å². The average molecular weight is 315 g/mol. The van der Waals surface area contributed by atoms with Crippen molar-refractivity contribution in [1.82, 2.24) is 19.9 Å². The molecule has 2 heterocycles. The Morgan fingerprint density at radius 3 is 2.86 bits per heavy atom. The first-order chi connectivity index (χ1) is 10.3. The molecule has 0 saturated carbocycles. The molecule has 6 nitrogen and oxygen atoms in total. The van der Waals surface area contributed by atoms with Crippen LogP contribution < -0.4 is 11.1 Å². The SMILES string of the molecule is CC(NC(=O)CCC(F)(F)F)c1cnn2cc(CN)nc2c1. The largest absolute Gasteiger partial charge is 0.389 e. The predicted molar refractivity (Wildman–Crippen MR) is 72.7 cm³/mol. The number of nitrogens with one attached hydrogen (secondary N) is 1. The molecular formula is C13H16F3N5O. The van der Waals surface area contributed by atoms with Crippen LogP contribution in [0.5, 0.6) is 0 Å². The summed E-state index contributed by atoms with van der Waals surface area (Å²) in [5, 5.41) is 6.64. The van der Waals surface area contributed by atoms with E-state index >= 15 is 0 Å². The van der Waals surface area contributed by atoms with E-state index in [1.54, 1.807) is 23.7 Å². The van der Waals surface area contributed by atoms with Gasteiger partial charge in [0.2, 0.25) is 5.91 Å². The Morgan fingerprint density at radius 1 is 1.50 bits per heavy atom. The molecule has 9 heteroatoms. The van der Waals surface area contributed by atoms with Crippen LogP contribution in [0.4, 0.5) is 13.2 Å². The van der Waals surface area contributed by atoms with Gasteiger partial charge in [0.15, 0.2) is 5.65 Å². The van der Waals surface area contributed by atoms with Crippen LogP contribution in [0.1, 0.15) is 37.1 Å². The number of alkyl halides is 3. The van der Waals surface area contributed by atoms with Crippen molar-refractivity contribution < 1.29 is 18.0 Å². The smallest absolute Gasteiger partial charge is 0.350 e. The molecule has 120 valence electrons. The van der Waals surface area contributed by atoms with Crippen molar-refractivity contribution in [2.24, 2.45) is 5.73 Å². The maximum atomic E-state index is 12.1. The average Bonchev–Trinajstić information content (AvgIpc) is 2.86. The lowest BCUT2D eigenvalue weighted by Gasteiger charge is -2.14. The Morgan fingerprint density at radius 2 is 2.23 bits per heavy atom. The second kappa shape index (κ2) is 6.30. The second-order valence-corrected chi connectivity index (χ2v) is 4.93. The Hall–Kier alpha value is -2.16. The number of rotatable bonds is 5. The second-order valence-electron chi connectivity index (χ2n) is 4.93. The van der Waals surface area contributed by atoms with E-state index in [1.165, 1.54) is 6.20 Å². The summed E-state index contributed by atoms with van der Waals surface area (Å²) in [5.74, 6) is -0.657. The Balaban J connectivity index is 2.02. The summed E-state index contributed by atoms with van der Waals surface area (Å²) in [7, 11) is 0. The number of hydrogen-bond acceptors (Lipinski definition) is 4. The van der Waals surface area contributed by atoms with E-state index in [0.29, 0.717) is 16.9 Å². The maximum Gasteiger partial charge on any atom is 0.389 e. The number of fused-ring (bicyclic) bond motifs is 1. The first-order valence-corrected chi connectivity index (χ1v) is 6.69. The third kappa shape index (κ3) is 4.17. The van der Waals surface area contributed by atoms with Crippen molar-refractivity contribution in [1.29, 1.82) is 0 Å². The lowest BCUT2D eigenvalue weighted by Crippen LogP contribution is -2.28. The number of imidazole rings is 1. The first kappa shape index (κ1) is 16.2. The lowest BCUT2D eigenvalue weighted by molar-refractivity contribution is -0.144. The van der Waals surface area contributed by atoms with Gasteiger partial charge in [-0.2, -0.15) is 18.3 Å². The number of carbonyl (C=O) groups excluding carboxylic acids is 1. The number of aromatic nitrogens is 3. The molecule has 2 aromatic heterocycles. The van der Waals surface area contributed by atoms with Crippen molar-refractivity contribution in [3.63, 3.8) is 0 Å². The van der Waals surface area contributed by atoms with Crippen LogP contribution in [0, 0.1) is 0 Å². The van der Waals surface area contributed by atoms with Gasteiger partial charge in [0, 0.05) is 13.0 Å². The van der Waals surface area contributed by atoms with Gasteiger partial charge in [0.05, 0.1) is 30.6 Å². The normalized spacial score (nSPS) is 13.3. The van der Waals surface area contributed by atoms with Crippen LogP contribution in [-0.2, 0) is 11.3 Å². The Labute approximate surface area is 124 Å². The maximum absolute atomic E-state index is 12.1. The summed E-state index contributed by atoms with van der Waals surface area (Å²) in [6.45, 7) is 1.95. The van der Waals surface area contributed by atoms with Crippen LogP contribution in [0.3, 0.4) is 0 Å². The molecule has 0 spiro atoms. The zero-order valence-electron chi connectivity index (χ0n) is 11.9. The molecule has 3 N–H and O–H groups in total. The highest BCUT2D eigenvalue weighted by molar-refractivity contribution is 5.76. The fourth-order valence-electron chi connectivity index (χ4n) is 1.93. The third-order valence-electron chi connectivity index (χ3n) is 3.11. The van der Waals surface area contributed by atoms with E-state index in [-0.39, 0.29) is 6.54 Å². The Bertz CT molecular complexity index is 667. The van der Waals surface area contributed by atoms with E-state index in [0.717, 1.165) is 0 Å². The molecule has 0 aromatic carbocycles. The zero-order valence-corrected chi connectivity index (χ0v) is 11.9. The molecule has 0 aliphatic carbocycles. The van der Waals surface area contributed by atoms with Gasteiger partial charge < -0.3 is 11.1 Å². The summed E-state index contributed by atoms with van der Waals surface area (Å²) in [6, 6.07) is 1.25. The molecular weight excluding hydrogens is 299 g/mol. The van der Waals surface area contributed by atoms with E-state index in [1.807, 2.05) is 0 Å². The number of hydrogen-bond donors (Lipinski definition) is 2. The van der Waals surface area contributed by atoms with Crippen molar-refractivity contribution in [2.45, 2.75) is 38.5 Å². The molecule has 1 atom stereocenters. The summed E-state index contributed by atoms with van der Waals surface area (Å²) in [4.78, 5) is 15.8. The first-order valence-electron chi connectivity index (χ1n) is 6.69. The van der Waals surface area contributed by atoms with Crippen LogP contribution in [0.25, 0.3) is 5.65 Å². The highest BCUT2D eigenvalue weighted by Crippen LogP contribution is 2.21. The highest BCUT2D eigenvalue weighted by atomic mass is 19.4. The molecule has 1 amide bonds. The van der Waals surface area contributed by atoms with Crippen LogP contribution in [0.15, 0.2) is 18.5 Å². The van der Waals surface area contributed by atoms with Gasteiger partial charge in [-0.25, -0.2) is 9.50 Å². The summed E-state index contributed by atoms with van der Waals surface area (Å²) in [6.07, 6.45) is -2.85. The predicted octanol–water partition coefficient (Wildman–Crippen LogP) is 1.71. The summed E-state index contributed by atoms with van der Waals surface area (Å²) < 4.78 is 37.8. The van der Waals surface area contributed by atoms with Crippen molar-refractivity contribution in [2.75, 3.05) is 0 Å². The fourth-order valence-corrected chi connectivity index (χ4v) is 1.93. The number of amides is 1. The molecule has 0 saturated heterocycles. The standard InChI is InChI=1S/C13H16F3N5O/c1-8(19-12(22)2-3-13(14,15)16)9-4-11-20-10(5-17)7-21(11)18-6-9/h4,6-8H,2-3,5,17H2,1H3,(H,19,22). The summed E-state index contributed by atoms with van der Waals surface area (Å²) >= 11 is 0. The van der Waals surface area contributed by atoms with E-state index in [2.05, 4.69) is 15.4 Å². The van der Waals surface area contributed by atoms with E-state index in [9.17, 15) is 18.0 Å². The minimum absolute atomic E-state index is 0.280. The van der Waals surface area contributed by atoms with Gasteiger partial charge in [-0.3, -0.25) is 4.79 Å². The van der Waals surface area contributed by atoms with Gasteiger partial charge in [0.1, 0.15) is 0 Å². The monoisotopic (exact) mass is 315 g/mol. The highest BCUT2D eigenvalue weighted by Gasteiger charge is 2.28. The minimum atomic E-state index is -4.34. The molecule has 22 heavy (non-hydrogen) atoms. The van der Waals surface area contributed by atoms with Crippen LogP contribution in [-0.4, -0.2) is 26.7 Å². The minimum Gasteiger partial charge on any atom is -0.350 e. The van der Waals surface area contributed by atoms with Crippen LogP contribution in [0.2, 0.25) is 0 Å². The van der Waals surface area contributed by atoms with Gasteiger partial charge >= 0.3 is 6.18 Å². The molecule has 1 unspecified atom stereocenters. The molecule has 2 rings (SSSR count). The summed E-state index contributed by atoms with van der Waals surface area (Å²) in [5.41, 5.74) is 7.38.